The lowest BCUT2D eigenvalue weighted by Crippen LogP contribution is -2.24. The summed E-state index contributed by atoms with van der Waals surface area (Å²) in [5.41, 5.74) is 7.79. The highest BCUT2D eigenvalue weighted by atomic mass is 35.5. The number of carbonyl (C=O) groups is 1. The average molecular weight is 319 g/mol. The lowest BCUT2D eigenvalue weighted by molar-refractivity contribution is 0.104. The number of nitriles is 1. The van der Waals surface area contributed by atoms with Crippen LogP contribution in [0.4, 0.5) is 4.79 Å². The number of benzene rings is 1. The van der Waals surface area contributed by atoms with Crippen molar-refractivity contribution in [3.05, 3.63) is 40.5 Å². The third-order valence-electron chi connectivity index (χ3n) is 3.18. The maximum Gasteiger partial charge on any atom is 0.404 e. The molecule has 0 saturated heterocycles. The van der Waals surface area contributed by atoms with Crippen molar-refractivity contribution in [2.24, 2.45) is 5.73 Å². The highest BCUT2D eigenvalue weighted by Crippen LogP contribution is 2.29. The molecule has 1 aromatic carbocycles. The van der Waals surface area contributed by atoms with Crippen LogP contribution < -0.4 is 5.73 Å². The highest BCUT2D eigenvalue weighted by molar-refractivity contribution is 6.32. The minimum Gasteiger partial charge on any atom is -0.445 e. The molecule has 0 saturated carbocycles. The quantitative estimate of drug-likeness (QED) is 0.937. The number of rotatable bonds is 4. The van der Waals surface area contributed by atoms with Gasteiger partial charge in [0.1, 0.15) is 12.2 Å². The molecule has 1 heterocycles. The van der Waals surface area contributed by atoms with Gasteiger partial charge in [0.25, 0.3) is 0 Å². The maximum absolute atomic E-state index is 10.7. The second kappa shape index (κ2) is 6.50. The van der Waals surface area contributed by atoms with E-state index in [-0.39, 0.29) is 6.10 Å². The Balaban J connectivity index is 2.24. The molecule has 1 atom stereocenters. The van der Waals surface area contributed by atoms with Crippen molar-refractivity contribution in [3.8, 4) is 17.3 Å². The molecule has 0 spiro atoms. The molecule has 0 aliphatic heterocycles. The van der Waals surface area contributed by atoms with Crippen LogP contribution in [-0.2, 0) is 11.3 Å². The zero-order valence-electron chi connectivity index (χ0n) is 12.2. The fourth-order valence-electron chi connectivity index (χ4n) is 2.15. The van der Waals surface area contributed by atoms with Crippen LogP contribution in [0.5, 0.6) is 0 Å². The molecular formula is C15H15ClN4O2. The zero-order valence-corrected chi connectivity index (χ0v) is 13.0. The van der Waals surface area contributed by atoms with Gasteiger partial charge in [-0.3, -0.25) is 4.68 Å². The van der Waals surface area contributed by atoms with Gasteiger partial charge in [0, 0.05) is 11.8 Å². The Kier molecular flexibility index (Phi) is 4.68. The van der Waals surface area contributed by atoms with E-state index in [1.54, 1.807) is 23.9 Å². The number of halogens is 1. The molecule has 1 aromatic heterocycles. The molecule has 7 heteroatoms. The summed E-state index contributed by atoms with van der Waals surface area (Å²) < 4.78 is 6.52. The Labute approximate surface area is 133 Å². The first kappa shape index (κ1) is 15.9. The minimum absolute atomic E-state index is 0.379. The highest BCUT2D eigenvalue weighted by Gasteiger charge is 2.13. The van der Waals surface area contributed by atoms with Gasteiger partial charge in [-0.1, -0.05) is 17.7 Å². The number of amides is 1. The van der Waals surface area contributed by atoms with Gasteiger partial charge in [-0.15, -0.1) is 0 Å². The second-order valence-corrected chi connectivity index (χ2v) is 5.26. The molecule has 2 rings (SSSR count). The maximum atomic E-state index is 10.7. The van der Waals surface area contributed by atoms with Gasteiger partial charge in [0.15, 0.2) is 0 Å². The monoisotopic (exact) mass is 318 g/mol. The Hall–Kier alpha value is -2.52. The third-order valence-corrected chi connectivity index (χ3v) is 3.67. The molecule has 0 bridgehead atoms. The number of nitrogens with two attached hydrogens (primary N) is 1. The topological polar surface area (TPSA) is 93.9 Å². The van der Waals surface area contributed by atoms with Crippen LogP contribution in [0, 0.1) is 18.3 Å². The van der Waals surface area contributed by atoms with Crippen molar-refractivity contribution < 1.29 is 9.53 Å². The number of carbonyl (C=O) groups excluding carboxylic acids is 1. The number of hydrogen-bond donors (Lipinski definition) is 1. The molecule has 6 nitrogen and oxygen atoms in total. The number of ether oxygens (including phenoxy) is 1. The third kappa shape index (κ3) is 3.38. The van der Waals surface area contributed by atoms with Gasteiger partial charge in [-0.25, -0.2) is 4.79 Å². The summed E-state index contributed by atoms with van der Waals surface area (Å²) in [4.78, 5) is 10.7. The van der Waals surface area contributed by atoms with Gasteiger partial charge >= 0.3 is 6.09 Å². The molecule has 1 amide bonds. The molecule has 2 N–H and O–H groups in total. The summed E-state index contributed by atoms with van der Waals surface area (Å²) in [7, 11) is 0. The number of aromatic nitrogens is 2. The van der Waals surface area contributed by atoms with E-state index >= 15 is 0 Å². The molecule has 1 unspecified atom stereocenters. The average Bonchev–Trinajstić information content (AvgIpc) is 2.89. The zero-order chi connectivity index (χ0) is 16.3. The largest absolute Gasteiger partial charge is 0.445 e. The van der Waals surface area contributed by atoms with Crippen LogP contribution in [-0.4, -0.2) is 22.0 Å². The van der Waals surface area contributed by atoms with Gasteiger partial charge in [-0.2, -0.15) is 10.4 Å². The summed E-state index contributed by atoms with van der Waals surface area (Å²) in [5, 5.41) is 13.8. The standard InChI is InChI=1S/C15H15ClN4O2/c1-9(22-15(18)21)8-20-6-5-13(19-20)12-4-3-11(7-17)14(16)10(12)2/h3-6,9H,8H2,1-2H3,(H2,18,21). The minimum atomic E-state index is -0.811. The molecule has 0 fully saturated rings. The summed E-state index contributed by atoms with van der Waals surface area (Å²) >= 11 is 6.17. The van der Waals surface area contributed by atoms with E-state index in [2.05, 4.69) is 5.10 Å². The lowest BCUT2D eigenvalue weighted by Gasteiger charge is -2.11. The first-order valence-electron chi connectivity index (χ1n) is 6.61. The summed E-state index contributed by atoms with van der Waals surface area (Å²) in [5.74, 6) is 0. The van der Waals surface area contributed by atoms with E-state index in [9.17, 15) is 4.79 Å². The molecule has 0 radical (unpaired) electrons. The van der Waals surface area contributed by atoms with E-state index in [0.29, 0.717) is 17.1 Å². The fraction of sp³-hybridized carbons (Fsp3) is 0.267. The van der Waals surface area contributed by atoms with Crippen molar-refractivity contribution in [2.45, 2.75) is 26.5 Å². The Morgan fingerprint density at radius 1 is 1.55 bits per heavy atom. The summed E-state index contributed by atoms with van der Waals surface area (Å²) in [6.07, 6.45) is 0.590. The second-order valence-electron chi connectivity index (χ2n) is 4.88. The van der Waals surface area contributed by atoms with Crippen molar-refractivity contribution >= 4 is 17.7 Å². The van der Waals surface area contributed by atoms with Crippen LogP contribution in [0.25, 0.3) is 11.3 Å². The Bertz CT molecular complexity index is 748. The molecule has 2 aromatic rings. The fourth-order valence-corrected chi connectivity index (χ4v) is 2.36. The molecule has 22 heavy (non-hydrogen) atoms. The van der Waals surface area contributed by atoms with E-state index in [1.807, 2.05) is 25.1 Å². The van der Waals surface area contributed by atoms with Gasteiger partial charge in [0.2, 0.25) is 0 Å². The molecule has 0 aliphatic rings. The van der Waals surface area contributed by atoms with E-state index in [1.165, 1.54) is 0 Å². The number of primary amides is 1. The number of hydrogen-bond acceptors (Lipinski definition) is 4. The Morgan fingerprint density at radius 3 is 2.91 bits per heavy atom. The predicted octanol–water partition coefficient (Wildman–Crippen LogP) is 2.87. The van der Waals surface area contributed by atoms with Gasteiger partial charge < -0.3 is 10.5 Å². The van der Waals surface area contributed by atoms with Crippen LogP contribution in [0.3, 0.4) is 0 Å². The van der Waals surface area contributed by atoms with Crippen molar-refractivity contribution in [1.82, 2.24) is 9.78 Å². The van der Waals surface area contributed by atoms with Crippen molar-refractivity contribution in [2.75, 3.05) is 0 Å². The predicted molar refractivity (Wildman–Crippen MR) is 82.3 cm³/mol. The van der Waals surface area contributed by atoms with Crippen LogP contribution in [0.15, 0.2) is 24.4 Å². The number of nitrogens with zero attached hydrogens (tertiary/aromatic N) is 3. The molecule has 0 aliphatic carbocycles. The van der Waals surface area contributed by atoms with Crippen LogP contribution >= 0.6 is 11.6 Å². The summed E-state index contributed by atoms with van der Waals surface area (Å²) in [6.45, 7) is 3.97. The first-order valence-corrected chi connectivity index (χ1v) is 6.99. The summed E-state index contributed by atoms with van der Waals surface area (Å²) in [6, 6.07) is 7.37. The first-order chi connectivity index (χ1) is 10.4. The normalized spacial score (nSPS) is 11.7. The van der Waals surface area contributed by atoms with Gasteiger partial charge in [-0.05, 0) is 31.5 Å². The smallest absolute Gasteiger partial charge is 0.404 e. The lowest BCUT2D eigenvalue weighted by atomic mass is 10.0. The molecular weight excluding hydrogens is 304 g/mol. The van der Waals surface area contributed by atoms with E-state index < -0.39 is 6.09 Å². The van der Waals surface area contributed by atoms with E-state index in [0.717, 1.165) is 16.8 Å². The van der Waals surface area contributed by atoms with E-state index in [4.69, 9.17) is 27.3 Å². The molecule has 114 valence electrons. The van der Waals surface area contributed by atoms with Crippen LogP contribution in [0.1, 0.15) is 18.1 Å². The van der Waals surface area contributed by atoms with Crippen molar-refractivity contribution in [3.63, 3.8) is 0 Å². The van der Waals surface area contributed by atoms with Crippen molar-refractivity contribution in [1.29, 1.82) is 5.26 Å². The van der Waals surface area contributed by atoms with Gasteiger partial charge in [0.05, 0.1) is 22.8 Å². The Morgan fingerprint density at radius 2 is 2.27 bits per heavy atom. The van der Waals surface area contributed by atoms with Crippen LogP contribution in [0.2, 0.25) is 5.02 Å². The SMILES string of the molecule is Cc1c(-c2ccn(CC(C)OC(N)=O)n2)ccc(C#N)c1Cl.